The number of carbonyl (C=O) groups is 1. The van der Waals surface area contributed by atoms with Crippen LogP contribution in [0.1, 0.15) is 0 Å². The molecule has 11 heavy (non-hydrogen) atoms. The lowest BCUT2D eigenvalue weighted by molar-refractivity contribution is -0.143. The monoisotopic (exact) mass is 156 g/mol. The van der Waals surface area contributed by atoms with Gasteiger partial charge < -0.3 is 14.6 Å². The summed E-state index contributed by atoms with van der Waals surface area (Å²) in [4.78, 5) is 11.1. The van der Waals surface area contributed by atoms with Gasteiger partial charge in [-0.05, 0) is 6.08 Å². The Labute approximate surface area is 63.4 Å². The summed E-state index contributed by atoms with van der Waals surface area (Å²) in [5.41, 5.74) is 0.406. The van der Waals surface area contributed by atoms with E-state index in [0.29, 0.717) is 12.2 Å². The van der Waals surface area contributed by atoms with Crippen LogP contribution in [0, 0.1) is 0 Å². The van der Waals surface area contributed by atoms with Gasteiger partial charge in [-0.3, -0.25) is 4.79 Å². The third kappa shape index (κ3) is 0.994. The van der Waals surface area contributed by atoms with Crippen LogP contribution in [0.3, 0.4) is 0 Å². The molecule has 2 aliphatic heterocycles. The second-order valence-corrected chi connectivity index (χ2v) is 2.55. The number of fused-ring (bicyclic) bond motifs is 2. The number of ketones is 1. The molecule has 0 unspecified atom stereocenters. The molecule has 2 heterocycles. The van der Waals surface area contributed by atoms with Crippen molar-refractivity contribution in [2.45, 2.75) is 12.4 Å². The Balaban J connectivity index is 2.27. The average Bonchev–Trinajstić information content (AvgIpc) is 2.42. The van der Waals surface area contributed by atoms with Gasteiger partial charge in [-0.25, -0.2) is 0 Å². The summed E-state index contributed by atoms with van der Waals surface area (Å²) in [6.45, 7) is 0.193. The lowest BCUT2D eigenvalue weighted by atomic mass is 10.1. The minimum absolute atomic E-state index is 0.139. The summed E-state index contributed by atoms with van der Waals surface area (Å²) >= 11 is 0. The second-order valence-electron chi connectivity index (χ2n) is 2.55. The highest BCUT2D eigenvalue weighted by molar-refractivity contribution is 5.99. The third-order valence-corrected chi connectivity index (χ3v) is 1.80. The Morgan fingerprint density at radius 1 is 1.73 bits per heavy atom. The molecule has 0 aromatic rings. The zero-order valence-electron chi connectivity index (χ0n) is 5.82. The fourth-order valence-corrected chi connectivity index (χ4v) is 1.23. The molecular weight excluding hydrogens is 148 g/mol. The number of carbonyl (C=O) groups excluding carboxylic acids is 1. The fraction of sp³-hybridized carbons (Fsp3) is 0.571. The summed E-state index contributed by atoms with van der Waals surface area (Å²) < 4.78 is 10.1. The first-order valence-corrected chi connectivity index (χ1v) is 3.44. The molecule has 0 aromatic heterocycles. The first-order chi connectivity index (χ1) is 5.31. The Kier molecular flexibility index (Phi) is 1.52. The highest BCUT2D eigenvalue weighted by atomic mass is 16.7. The van der Waals surface area contributed by atoms with Gasteiger partial charge in [0.2, 0.25) is 12.1 Å². The van der Waals surface area contributed by atoms with Gasteiger partial charge in [0.05, 0.1) is 13.2 Å². The smallest absolute Gasteiger partial charge is 0.223 e. The highest BCUT2D eigenvalue weighted by Crippen LogP contribution is 2.22. The van der Waals surface area contributed by atoms with E-state index in [1.165, 1.54) is 0 Å². The van der Waals surface area contributed by atoms with E-state index in [4.69, 9.17) is 14.6 Å². The minimum atomic E-state index is -0.757. The van der Waals surface area contributed by atoms with Crippen molar-refractivity contribution in [3.8, 4) is 0 Å². The molecule has 0 aromatic carbocycles. The van der Waals surface area contributed by atoms with Gasteiger partial charge in [0, 0.05) is 5.57 Å². The lowest BCUT2D eigenvalue weighted by Gasteiger charge is -2.15. The van der Waals surface area contributed by atoms with Crippen LogP contribution in [0.4, 0.5) is 0 Å². The number of hydrogen-bond acceptors (Lipinski definition) is 4. The average molecular weight is 156 g/mol. The Bertz CT molecular complexity index is 220. The first-order valence-electron chi connectivity index (χ1n) is 3.44. The minimum Gasteiger partial charge on any atom is -0.392 e. The van der Waals surface area contributed by atoms with Gasteiger partial charge in [0.1, 0.15) is 6.10 Å². The van der Waals surface area contributed by atoms with E-state index >= 15 is 0 Å². The summed E-state index contributed by atoms with van der Waals surface area (Å²) in [5.74, 6) is -0.249. The molecular formula is C7H8O4. The number of aliphatic hydroxyl groups is 1. The van der Waals surface area contributed by atoms with E-state index in [-0.39, 0.29) is 18.5 Å². The molecule has 1 saturated heterocycles. The molecule has 0 radical (unpaired) electrons. The number of hydrogen-bond donors (Lipinski definition) is 1. The van der Waals surface area contributed by atoms with Crippen LogP contribution in [0.5, 0.6) is 0 Å². The maximum absolute atomic E-state index is 11.1. The maximum atomic E-state index is 11.1. The predicted octanol–water partition coefficient (Wildman–Crippen LogP) is -0.771. The van der Waals surface area contributed by atoms with Crippen molar-refractivity contribution < 1.29 is 19.4 Å². The van der Waals surface area contributed by atoms with Crippen molar-refractivity contribution in [2.75, 3.05) is 13.2 Å². The van der Waals surface area contributed by atoms with Crippen molar-refractivity contribution >= 4 is 5.78 Å². The van der Waals surface area contributed by atoms with Gasteiger partial charge in [0.15, 0.2) is 0 Å². The number of Topliss-reactive ketones (excluding diaryl/α,β-unsaturated/α-hetero) is 1. The van der Waals surface area contributed by atoms with Gasteiger partial charge >= 0.3 is 0 Å². The maximum Gasteiger partial charge on any atom is 0.223 e. The van der Waals surface area contributed by atoms with Crippen molar-refractivity contribution in [3.05, 3.63) is 11.6 Å². The molecule has 4 nitrogen and oxygen atoms in total. The van der Waals surface area contributed by atoms with E-state index in [1.807, 2.05) is 0 Å². The lowest BCUT2D eigenvalue weighted by Crippen LogP contribution is -2.29. The topological polar surface area (TPSA) is 55.8 Å². The van der Waals surface area contributed by atoms with E-state index < -0.39 is 6.29 Å². The molecule has 1 fully saturated rings. The first kappa shape index (κ1) is 6.97. The van der Waals surface area contributed by atoms with Crippen molar-refractivity contribution in [1.29, 1.82) is 0 Å². The molecule has 2 atom stereocenters. The van der Waals surface area contributed by atoms with E-state index in [1.54, 1.807) is 6.08 Å². The predicted molar refractivity (Wildman–Crippen MR) is 34.8 cm³/mol. The molecule has 0 amide bonds. The van der Waals surface area contributed by atoms with E-state index in [0.717, 1.165) is 0 Å². The number of rotatable bonds is 1. The molecule has 0 aliphatic carbocycles. The van der Waals surface area contributed by atoms with Gasteiger partial charge in [-0.2, -0.15) is 0 Å². The fourth-order valence-electron chi connectivity index (χ4n) is 1.23. The zero-order valence-corrected chi connectivity index (χ0v) is 5.82. The van der Waals surface area contributed by atoms with Crippen LogP contribution in [-0.2, 0) is 14.3 Å². The van der Waals surface area contributed by atoms with Crippen molar-refractivity contribution in [3.63, 3.8) is 0 Å². The standard InChI is InChI=1S/C7H8O4/c8-2-4-1-5-3-10-7(11-5)6(4)9/h1,5,7-8H,2-3H2/t5-,7+/m0/s1. The van der Waals surface area contributed by atoms with Crippen LogP contribution in [0.15, 0.2) is 11.6 Å². The Morgan fingerprint density at radius 3 is 3.27 bits per heavy atom. The number of ether oxygens (including phenoxy) is 2. The molecule has 1 N–H and O–H groups in total. The molecule has 2 aliphatic rings. The third-order valence-electron chi connectivity index (χ3n) is 1.80. The Morgan fingerprint density at radius 2 is 2.55 bits per heavy atom. The molecule has 0 spiro atoms. The molecule has 60 valence electrons. The summed E-state index contributed by atoms with van der Waals surface area (Å²) in [6, 6.07) is 0. The van der Waals surface area contributed by atoms with Crippen LogP contribution in [0.2, 0.25) is 0 Å². The van der Waals surface area contributed by atoms with Crippen LogP contribution >= 0.6 is 0 Å². The van der Waals surface area contributed by atoms with Crippen molar-refractivity contribution in [2.24, 2.45) is 0 Å². The zero-order chi connectivity index (χ0) is 7.84. The summed E-state index contributed by atoms with van der Waals surface area (Å²) in [6.07, 6.45) is 0.721. The molecule has 4 heteroatoms. The van der Waals surface area contributed by atoms with E-state index in [9.17, 15) is 4.79 Å². The Hall–Kier alpha value is -0.710. The molecule has 0 saturated carbocycles. The van der Waals surface area contributed by atoms with Crippen LogP contribution in [-0.4, -0.2) is 36.5 Å². The summed E-state index contributed by atoms with van der Waals surface area (Å²) in [5, 5.41) is 8.72. The van der Waals surface area contributed by atoms with Crippen molar-refractivity contribution in [1.82, 2.24) is 0 Å². The summed E-state index contributed by atoms with van der Waals surface area (Å²) in [7, 11) is 0. The second kappa shape index (κ2) is 2.41. The molecule has 2 bridgehead atoms. The quantitative estimate of drug-likeness (QED) is 0.541. The molecule has 2 rings (SSSR count). The van der Waals surface area contributed by atoms with Gasteiger partial charge in [0.25, 0.3) is 0 Å². The van der Waals surface area contributed by atoms with E-state index in [2.05, 4.69) is 0 Å². The largest absolute Gasteiger partial charge is 0.392 e. The normalized spacial score (nSPS) is 35.7. The van der Waals surface area contributed by atoms with Gasteiger partial charge in [-0.1, -0.05) is 0 Å². The SMILES string of the molecule is O=C1C(CO)=C[C@H]2CO[C@@H]1O2. The van der Waals surface area contributed by atoms with Crippen LogP contribution in [0.25, 0.3) is 0 Å². The van der Waals surface area contributed by atoms with Crippen LogP contribution < -0.4 is 0 Å². The van der Waals surface area contributed by atoms with Gasteiger partial charge in [-0.15, -0.1) is 0 Å². The number of aliphatic hydroxyl groups excluding tert-OH is 1. The highest BCUT2D eigenvalue weighted by Gasteiger charge is 2.36.